The van der Waals surface area contributed by atoms with E-state index in [-0.39, 0.29) is 0 Å². The van der Waals surface area contributed by atoms with Crippen molar-refractivity contribution in [1.29, 1.82) is 0 Å². The lowest BCUT2D eigenvalue weighted by molar-refractivity contribution is -0.137. The molecule has 25 heavy (non-hydrogen) atoms. The molecule has 0 saturated heterocycles. The van der Waals surface area contributed by atoms with Crippen molar-refractivity contribution in [3.63, 3.8) is 0 Å². The van der Waals surface area contributed by atoms with Gasteiger partial charge in [0, 0.05) is 20.1 Å². The fraction of sp³-hybridized carbons (Fsp3) is 0.294. The minimum Gasteiger partial charge on any atom is -0.366 e. The lowest BCUT2D eigenvalue weighted by Gasteiger charge is -2.32. The Hall–Kier alpha value is -2.28. The van der Waals surface area contributed by atoms with Crippen LogP contribution in [0.25, 0.3) is 0 Å². The molecule has 132 valence electrons. The second kappa shape index (κ2) is 6.55. The van der Waals surface area contributed by atoms with Crippen LogP contribution in [0, 0.1) is 4.91 Å². The lowest BCUT2D eigenvalue weighted by atomic mass is 9.96. The number of fused-ring (bicyclic) bond motifs is 1. The highest BCUT2D eigenvalue weighted by molar-refractivity contribution is 6.33. The number of anilines is 2. The van der Waals surface area contributed by atoms with Gasteiger partial charge in [0.1, 0.15) is 0 Å². The smallest absolute Gasteiger partial charge is 0.366 e. The van der Waals surface area contributed by atoms with E-state index in [1.165, 1.54) is 13.1 Å². The molecule has 0 N–H and O–H groups in total. The predicted octanol–water partition coefficient (Wildman–Crippen LogP) is 5.04. The fourth-order valence-electron chi connectivity index (χ4n) is 2.94. The first-order chi connectivity index (χ1) is 11.8. The lowest BCUT2D eigenvalue weighted by Crippen LogP contribution is -2.31. The van der Waals surface area contributed by atoms with Crippen LogP contribution in [-0.2, 0) is 19.1 Å². The molecule has 0 bridgehead atoms. The van der Waals surface area contributed by atoms with Crippen molar-refractivity contribution in [2.75, 3.05) is 23.5 Å². The molecule has 1 aliphatic rings. The van der Waals surface area contributed by atoms with Crippen molar-refractivity contribution in [3.8, 4) is 0 Å². The third kappa shape index (κ3) is 3.56. The van der Waals surface area contributed by atoms with E-state index in [4.69, 9.17) is 11.6 Å². The molecule has 4 nitrogen and oxygen atoms in total. The van der Waals surface area contributed by atoms with Crippen molar-refractivity contribution < 1.29 is 13.2 Å². The van der Waals surface area contributed by atoms with E-state index in [9.17, 15) is 18.1 Å². The maximum atomic E-state index is 12.9. The molecule has 0 saturated carbocycles. The second-order valence-electron chi connectivity index (χ2n) is 5.89. The number of hydrogen-bond donors (Lipinski definition) is 0. The molecule has 0 unspecified atom stereocenters. The molecular formula is C17H15ClF3N3O. The third-order valence-electron chi connectivity index (χ3n) is 4.31. The Morgan fingerprint density at radius 1 is 1.16 bits per heavy atom. The summed E-state index contributed by atoms with van der Waals surface area (Å²) in [5, 5.41) is 4.38. The Bertz CT molecular complexity index is 810. The van der Waals surface area contributed by atoms with Crippen LogP contribution in [0.3, 0.4) is 0 Å². The maximum absolute atomic E-state index is 12.9. The molecule has 0 atom stereocenters. The first-order valence-electron chi connectivity index (χ1n) is 7.60. The van der Waals surface area contributed by atoms with E-state index in [1.807, 2.05) is 4.90 Å². The van der Waals surface area contributed by atoms with E-state index >= 15 is 0 Å². The van der Waals surface area contributed by atoms with Crippen LogP contribution in [0.2, 0.25) is 5.02 Å². The zero-order chi connectivity index (χ0) is 18.2. The van der Waals surface area contributed by atoms with Gasteiger partial charge in [0.25, 0.3) is 0 Å². The van der Waals surface area contributed by atoms with Crippen molar-refractivity contribution in [3.05, 3.63) is 63.0 Å². The summed E-state index contributed by atoms with van der Waals surface area (Å²) in [5.41, 5.74) is 2.18. The normalized spacial score (nSPS) is 14.2. The Labute approximate surface area is 147 Å². The Morgan fingerprint density at radius 3 is 2.56 bits per heavy atom. The first kappa shape index (κ1) is 17.5. The van der Waals surface area contributed by atoms with Crippen molar-refractivity contribution in [2.45, 2.75) is 19.1 Å². The van der Waals surface area contributed by atoms with Crippen molar-refractivity contribution >= 4 is 23.0 Å². The van der Waals surface area contributed by atoms with Gasteiger partial charge in [-0.1, -0.05) is 17.7 Å². The summed E-state index contributed by atoms with van der Waals surface area (Å²) >= 11 is 6.30. The van der Waals surface area contributed by atoms with Gasteiger partial charge in [0.05, 0.1) is 27.2 Å². The quantitative estimate of drug-likeness (QED) is 0.561. The zero-order valence-electron chi connectivity index (χ0n) is 13.3. The minimum absolute atomic E-state index is 0.347. The van der Waals surface area contributed by atoms with Gasteiger partial charge in [-0.25, -0.2) is 5.01 Å². The molecule has 0 fully saturated rings. The number of benzene rings is 2. The zero-order valence-corrected chi connectivity index (χ0v) is 14.1. The molecule has 1 aliphatic heterocycles. The average Bonchev–Trinajstić information content (AvgIpc) is 2.59. The van der Waals surface area contributed by atoms with E-state index in [2.05, 4.69) is 5.29 Å². The fourth-order valence-corrected chi connectivity index (χ4v) is 3.23. The summed E-state index contributed by atoms with van der Waals surface area (Å²) in [4.78, 5) is 12.5. The van der Waals surface area contributed by atoms with E-state index in [0.29, 0.717) is 41.5 Å². The number of nitrogens with zero attached hydrogens (tertiary/aromatic N) is 3. The number of halogens is 4. The molecular weight excluding hydrogens is 355 g/mol. The molecule has 0 aromatic heterocycles. The molecule has 0 spiro atoms. The van der Waals surface area contributed by atoms with Gasteiger partial charge in [-0.15, -0.1) is 4.91 Å². The molecule has 0 aliphatic carbocycles. The highest BCUT2D eigenvalue weighted by Gasteiger charge is 2.31. The van der Waals surface area contributed by atoms with Crippen LogP contribution in [0.5, 0.6) is 0 Å². The van der Waals surface area contributed by atoms with Crippen molar-refractivity contribution in [1.82, 2.24) is 0 Å². The van der Waals surface area contributed by atoms with Crippen LogP contribution in [0.1, 0.15) is 16.7 Å². The van der Waals surface area contributed by atoms with Gasteiger partial charge in [-0.05, 0) is 47.9 Å². The van der Waals surface area contributed by atoms with Gasteiger partial charge in [0.15, 0.2) is 0 Å². The van der Waals surface area contributed by atoms with Crippen LogP contribution in [-0.4, -0.2) is 13.6 Å². The number of rotatable bonds is 3. The highest BCUT2D eigenvalue weighted by Crippen LogP contribution is 2.35. The largest absolute Gasteiger partial charge is 0.416 e. The Balaban J connectivity index is 1.88. The molecule has 2 aromatic carbocycles. The Morgan fingerprint density at radius 2 is 1.92 bits per heavy atom. The molecule has 2 aromatic rings. The summed E-state index contributed by atoms with van der Waals surface area (Å²) < 4.78 is 38.8. The topological polar surface area (TPSA) is 35.9 Å². The van der Waals surface area contributed by atoms with E-state index in [1.54, 1.807) is 24.3 Å². The molecule has 3 rings (SSSR count). The minimum atomic E-state index is -4.36. The number of alkyl halides is 3. The van der Waals surface area contributed by atoms with Crippen molar-refractivity contribution in [2.24, 2.45) is 5.29 Å². The molecule has 0 amide bonds. The monoisotopic (exact) mass is 369 g/mol. The SMILES string of the molecule is CN(N=O)c1ccc(N2CCc3ccc(C(F)(F)F)cc3C2)c(Cl)c1. The van der Waals surface area contributed by atoms with Crippen LogP contribution >= 0.6 is 11.6 Å². The molecule has 8 heteroatoms. The Kier molecular flexibility index (Phi) is 4.60. The van der Waals surface area contributed by atoms with Gasteiger partial charge < -0.3 is 4.90 Å². The third-order valence-corrected chi connectivity index (χ3v) is 4.62. The van der Waals surface area contributed by atoms with Gasteiger partial charge in [-0.2, -0.15) is 13.2 Å². The summed E-state index contributed by atoms with van der Waals surface area (Å²) in [6.07, 6.45) is -3.72. The average molecular weight is 370 g/mol. The first-order valence-corrected chi connectivity index (χ1v) is 7.98. The maximum Gasteiger partial charge on any atom is 0.416 e. The number of nitroso groups, excluding NO2 is 1. The predicted molar refractivity (Wildman–Crippen MR) is 91.8 cm³/mol. The summed E-state index contributed by atoms with van der Waals surface area (Å²) in [5.74, 6) is 0. The van der Waals surface area contributed by atoms with E-state index in [0.717, 1.165) is 16.6 Å². The molecule has 0 radical (unpaired) electrons. The molecule has 1 heterocycles. The second-order valence-corrected chi connectivity index (χ2v) is 6.30. The highest BCUT2D eigenvalue weighted by atomic mass is 35.5. The van der Waals surface area contributed by atoms with Gasteiger partial charge in [-0.3, -0.25) is 0 Å². The van der Waals surface area contributed by atoms with Crippen LogP contribution in [0.4, 0.5) is 24.5 Å². The van der Waals surface area contributed by atoms with E-state index < -0.39 is 11.7 Å². The van der Waals surface area contributed by atoms with Gasteiger partial charge >= 0.3 is 6.18 Å². The van der Waals surface area contributed by atoms with Gasteiger partial charge in [0.2, 0.25) is 0 Å². The van der Waals surface area contributed by atoms with Crippen LogP contribution < -0.4 is 9.91 Å². The summed E-state index contributed by atoms with van der Waals surface area (Å²) in [7, 11) is 1.51. The standard InChI is InChI=1S/C17H15ClF3N3O/c1-23(22-25)14-4-5-16(15(18)9-14)24-7-6-11-2-3-13(17(19,20)21)8-12(11)10-24/h2-5,8-9H,6-7,10H2,1H3. The summed E-state index contributed by atoms with van der Waals surface area (Å²) in [6.45, 7) is 0.999. The number of hydrogen-bond acceptors (Lipinski definition) is 3. The van der Waals surface area contributed by atoms with Crippen LogP contribution in [0.15, 0.2) is 41.7 Å². The summed E-state index contributed by atoms with van der Waals surface area (Å²) in [6, 6.07) is 8.93.